The van der Waals surface area contributed by atoms with Gasteiger partial charge in [-0.15, -0.1) is 0 Å². The quantitative estimate of drug-likeness (QED) is 0.0791. The molecule has 1 aliphatic rings. The lowest BCUT2D eigenvalue weighted by molar-refractivity contribution is -0.890. The van der Waals surface area contributed by atoms with Gasteiger partial charge in [-0.3, -0.25) is 0 Å². The highest BCUT2D eigenvalue weighted by Gasteiger charge is 2.61. The Morgan fingerprint density at radius 2 is 1.05 bits per heavy atom. The van der Waals surface area contributed by atoms with Crippen molar-refractivity contribution in [1.82, 2.24) is 0 Å². The van der Waals surface area contributed by atoms with Crippen LogP contribution in [0.2, 0.25) is 12.1 Å². The predicted octanol–water partition coefficient (Wildman–Crippen LogP) is 2.75. The Bertz CT molecular complexity index is 765. The van der Waals surface area contributed by atoms with Crippen LogP contribution in [0.3, 0.4) is 0 Å². The van der Waals surface area contributed by atoms with Crippen molar-refractivity contribution >= 4 is 17.6 Å². The zero-order valence-electron chi connectivity index (χ0n) is 29.1. The van der Waals surface area contributed by atoms with Crippen molar-refractivity contribution in [2.24, 2.45) is 0 Å². The van der Waals surface area contributed by atoms with Gasteiger partial charge in [-0.1, -0.05) is 26.7 Å². The van der Waals surface area contributed by atoms with Crippen LogP contribution in [0.15, 0.2) is 0 Å². The topological polar surface area (TPSA) is 127 Å². The molecule has 43 heavy (non-hydrogen) atoms. The van der Waals surface area contributed by atoms with E-state index >= 15 is 0 Å². The average Bonchev–Trinajstić information content (AvgIpc) is 3.08. The first-order valence-electron chi connectivity index (χ1n) is 16.5. The molecule has 0 aromatic carbocycles. The van der Waals surface area contributed by atoms with Gasteiger partial charge in [0, 0.05) is 39.1 Å². The first kappa shape index (κ1) is 41.0. The van der Waals surface area contributed by atoms with Gasteiger partial charge < -0.3 is 51.2 Å². The zero-order chi connectivity index (χ0) is 32.9. The number of aliphatic hydroxyl groups is 4. The summed E-state index contributed by atoms with van der Waals surface area (Å²) in [5.74, 6) is 0. The summed E-state index contributed by atoms with van der Waals surface area (Å²) >= 11 is 0. The molecule has 1 heterocycles. The van der Waals surface area contributed by atoms with Crippen molar-refractivity contribution in [3.8, 4) is 0 Å². The van der Waals surface area contributed by atoms with Crippen LogP contribution in [0.1, 0.15) is 79.1 Å². The van der Waals surface area contributed by atoms with Gasteiger partial charge in [0.25, 0.3) is 0 Å². The normalized spacial score (nSPS) is 28.3. The summed E-state index contributed by atoms with van der Waals surface area (Å²) < 4.78 is 33.9. The molecule has 258 valence electrons. The number of hydrogen-bond donors (Lipinski definition) is 4. The summed E-state index contributed by atoms with van der Waals surface area (Å²) in [5, 5.41) is 42.9. The van der Waals surface area contributed by atoms with E-state index in [1.54, 1.807) is 21.1 Å². The standard InChI is InChI=1S/C30H68N2O9Si2/c1-11-13-15-19-31(5,6)21-17-23-42(37-9)39-29(26(4)34)30(28(36)27(35)25(3)33)40-43(38-10,41-42)24-18-22-32(7,8)20-16-14-12-2/h25-30,33-36H,11-24H2,1-10H3/q+2. The van der Waals surface area contributed by atoms with Gasteiger partial charge in [-0.25, -0.2) is 0 Å². The summed E-state index contributed by atoms with van der Waals surface area (Å²) in [6.07, 6.45) is 0.947. The van der Waals surface area contributed by atoms with E-state index in [9.17, 15) is 20.4 Å². The van der Waals surface area contributed by atoms with Gasteiger partial charge in [-0.05, 0) is 39.5 Å². The molecule has 0 bridgehead atoms. The monoisotopic (exact) mass is 656 g/mol. The van der Waals surface area contributed by atoms with Gasteiger partial charge in [0.15, 0.2) is 0 Å². The van der Waals surface area contributed by atoms with Crippen LogP contribution in [-0.2, 0) is 21.8 Å². The van der Waals surface area contributed by atoms with Gasteiger partial charge in [0.1, 0.15) is 24.4 Å². The van der Waals surface area contributed by atoms with Crippen molar-refractivity contribution in [1.29, 1.82) is 0 Å². The van der Waals surface area contributed by atoms with Crippen molar-refractivity contribution in [2.75, 3.05) is 68.6 Å². The first-order valence-corrected chi connectivity index (χ1v) is 20.4. The number of hydrogen-bond acceptors (Lipinski definition) is 9. The summed E-state index contributed by atoms with van der Waals surface area (Å²) in [4.78, 5) is 0. The van der Waals surface area contributed by atoms with Gasteiger partial charge in [0.05, 0.1) is 66.6 Å². The third-order valence-corrected chi connectivity index (χ3v) is 15.7. The maximum Gasteiger partial charge on any atom is 0.494 e. The number of aliphatic hydroxyl groups excluding tert-OH is 4. The SMILES string of the molecule is CCCCC[N+](C)(C)CCC[Si]1(OC)OC(C(C)O)C(C(O)C(O)C(C)O)O[Si](CCC[N+](C)(C)CCCCC)(OC)O1. The van der Waals surface area contributed by atoms with E-state index in [0.717, 1.165) is 54.4 Å². The molecular weight excluding hydrogens is 589 g/mol. The number of quaternary nitrogens is 2. The number of nitrogens with zero attached hydrogens (tertiary/aromatic N) is 2. The highest BCUT2D eigenvalue weighted by molar-refractivity contribution is 6.75. The van der Waals surface area contributed by atoms with Crippen LogP contribution in [0.5, 0.6) is 0 Å². The Balaban J connectivity index is 3.37. The molecule has 1 aliphatic heterocycles. The molecular formula is C30H68N2O9Si2+2. The van der Waals surface area contributed by atoms with Crippen molar-refractivity contribution < 1.29 is 51.2 Å². The second-order valence-corrected chi connectivity index (χ2v) is 19.7. The molecule has 8 unspecified atom stereocenters. The van der Waals surface area contributed by atoms with Crippen molar-refractivity contribution in [3.05, 3.63) is 0 Å². The minimum absolute atomic E-state index is 0.458. The van der Waals surface area contributed by atoms with Crippen LogP contribution in [-0.4, -0.2) is 152 Å². The van der Waals surface area contributed by atoms with E-state index < -0.39 is 54.2 Å². The molecule has 0 radical (unpaired) electrons. The lowest BCUT2D eigenvalue weighted by atomic mass is 9.97. The molecule has 0 aromatic heterocycles. The van der Waals surface area contributed by atoms with E-state index in [1.165, 1.54) is 39.0 Å². The highest BCUT2D eigenvalue weighted by Crippen LogP contribution is 2.36. The Morgan fingerprint density at radius 1 is 0.651 bits per heavy atom. The van der Waals surface area contributed by atoms with E-state index in [1.807, 2.05) is 0 Å². The van der Waals surface area contributed by atoms with Crippen molar-refractivity contribution in [3.63, 3.8) is 0 Å². The Hall–Kier alpha value is -0.00623. The smallest absolute Gasteiger partial charge is 0.391 e. The highest BCUT2D eigenvalue weighted by atomic mass is 28.5. The molecule has 8 atom stereocenters. The van der Waals surface area contributed by atoms with E-state index in [-0.39, 0.29) is 0 Å². The van der Waals surface area contributed by atoms with Crippen LogP contribution < -0.4 is 0 Å². The average molecular weight is 657 g/mol. The lowest BCUT2D eigenvalue weighted by Crippen LogP contribution is -2.58. The first-order chi connectivity index (χ1) is 20.0. The fraction of sp³-hybridized carbons (Fsp3) is 1.00. The molecule has 13 heteroatoms. The fourth-order valence-electron chi connectivity index (χ4n) is 5.80. The third-order valence-electron chi connectivity index (χ3n) is 8.77. The van der Waals surface area contributed by atoms with E-state index in [4.69, 9.17) is 21.8 Å². The molecule has 1 rings (SSSR count). The molecule has 0 amide bonds. The Labute approximate surface area is 265 Å². The zero-order valence-corrected chi connectivity index (χ0v) is 31.1. The second kappa shape index (κ2) is 19.0. The van der Waals surface area contributed by atoms with E-state index in [0.29, 0.717) is 12.1 Å². The van der Waals surface area contributed by atoms with Gasteiger partial charge in [0.2, 0.25) is 0 Å². The van der Waals surface area contributed by atoms with E-state index in [2.05, 4.69) is 42.0 Å². The number of unbranched alkanes of at least 4 members (excludes halogenated alkanes) is 4. The van der Waals surface area contributed by atoms with Crippen LogP contribution in [0.25, 0.3) is 0 Å². The lowest BCUT2D eigenvalue weighted by Gasteiger charge is -2.37. The van der Waals surface area contributed by atoms with Crippen LogP contribution in [0, 0.1) is 0 Å². The minimum Gasteiger partial charge on any atom is -0.391 e. The molecule has 0 aliphatic carbocycles. The molecule has 4 N–H and O–H groups in total. The number of rotatable bonds is 22. The molecule has 0 spiro atoms. The molecule has 0 aromatic rings. The fourth-order valence-corrected chi connectivity index (χ4v) is 13.0. The second-order valence-electron chi connectivity index (χ2n) is 13.9. The van der Waals surface area contributed by atoms with Crippen molar-refractivity contribution in [2.45, 2.75) is 128 Å². The summed E-state index contributed by atoms with van der Waals surface area (Å²) in [7, 11) is 4.91. The maximum absolute atomic E-state index is 11.2. The molecule has 1 fully saturated rings. The molecule has 11 nitrogen and oxygen atoms in total. The molecule has 1 saturated heterocycles. The summed E-state index contributed by atoms with van der Waals surface area (Å²) in [5.41, 5.74) is 0. The third kappa shape index (κ3) is 13.7. The van der Waals surface area contributed by atoms with Crippen LogP contribution in [0.4, 0.5) is 0 Å². The summed E-state index contributed by atoms with van der Waals surface area (Å²) in [6, 6.07) is 0.948. The molecule has 0 saturated carbocycles. The van der Waals surface area contributed by atoms with Gasteiger partial charge >= 0.3 is 17.6 Å². The largest absolute Gasteiger partial charge is 0.494 e. The summed E-state index contributed by atoms with van der Waals surface area (Å²) in [6.45, 7) is 11.3. The Kier molecular flexibility index (Phi) is 18.1. The Morgan fingerprint density at radius 3 is 1.40 bits per heavy atom. The van der Waals surface area contributed by atoms with Gasteiger partial charge in [-0.2, -0.15) is 0 Å². The maximum atomic E-state index is 11.2. The minimum atomic E-state index is -3.58. The predicted molar refractivity (Wildman–Crippen MR) is 173 cm³/mol. The van der Waals surface area contributed by atoms with Crippen LogP contribution >= 0.6 is 0 Å².